The van der Waals surface area contributed by atoms with Crippen molar-refractivity contribution in [2.45, 2.75) is 6.54 Å². The van der Waals surface area contributed by atoms with Crippen LogP contribution in [0.15, 0.2) is 53.4 Å². The second-order valence-electron chi connectivity index (χ2n) is 5.03. The molecule has 0 saturated carbocycles. The number of carbonyl (C=O) groups excluding carboxylic acids is 1. The van der Waals surface area contributed by atoms with Gasteiger partial charge in [-0.2, -0.15) is 0 Å². The molecule has 128 valence electrons. The van der Waals surface area contributed by atoms with Gasteiger partial charge in [-0.05, 0) is 30.3 Å². The number of nitrogens with zero attached hydrogens (tertiary/aromatic N) is 2. The number of hydrogen-bond donors (Lipinski definition) is 2. The van der Waals surface area contributed by atoms with E-state index >= 15 is 0 Å². The van der Waals surface area contributed by atoms with Crippen LogP contribution in [-0.4, -0.2) is 23.0 Å². The van der Waals surface area contributed by atoms with Crippen LogP contribution in [0.3, 0.4) is 0 Å². The highest BCUT2D eigenvalue weighted by molar-refractivity contribution is 6.32. The van der Waals surface area contributed by atoms with Crippen LogP contribution in [0.4, 0.5) is 11.6 Å². The molecule has 2 N–H and O–H groups in total. The highest BCUT2D eigenvalue weighted by Crippen LogP contribution is 2.28. The van der Waals surface area contributed by atoms with Crippen molar-refractivity contribution in [1.29, 1.82) is 0 Å². The van der Waals surface area contributed by atoms with Gasteiger partial charge in [0.2, 0.25) is 5.95 Å². The zero-order valence-electron chi connectivity index (χ0n) is 13.3. The summed E-state index contributed by atoms with van der Waals surface area (Å²) in [5, 5.41) is 6.21. The number of furan rings is 1. The SMILES string of the molecule is COc1ccc(Nc2ncc(C(=O)NCc3ccco3)cn2)cc1Cl. The minimum atomic E-state index is -0.282. The molecule has 0 saturated heterocycles. The Hall–Kier alpha value is -3.06. The van der Waals surface area contributed by atoms with Crippen molar-refractivity contribution < 1.29 is 13.9 Å². The molecule has 0 unspecified atom stereocenters. The number of amides is 1. The highest BCUT2D eigenvalue weighted by atomic mass is 35.5. The number of halogens is 1. The number of hydrogen-bond acceptors (Lipinski definition) is 6. The van der Waals surface area contributed by atoms with Crippen molar-refractivity contribution in [3.63, 3.8) is 0 Å². The first-order valence-corrected chi connectivity index (χ1v) is 7.76. The van der Waals surface area contributed by atoms with Crippen molar-refractivity contribution in [3.8, 4) is 5.75 Å². The lowest BCUT2D eigenvalue weighted by atomic mass is 10.3. The number of aromatic nitrogens is 2. The van der Waals surface area contributed by atoms with Gasteiger partial charge in [0.15, 0.2) is 0 Å². The summed E-state index contributed by atoms with van der Waals surface area (Å²) < 4.78 is 10.3. The van der Waals surface area contributed by atoms with Gasteiger partial charge in [0.05, 0.1) is 30.5 Å². The summed E-state index contributed by atoms with van der Waals surface area (Å²) in [5.74, 6) is 1.32. The summed E-state index contributed by atoms with van der Waals surface area (Å²) in [6.07, 6.45) is 4.44. The summed E-state index contributed by atoms with van der Waals surface area (Å²) in [7, 11) is 1.55. The molecule has 1 amide bonds. The standard InChI is InChI=1S/C17H15ClN4O3/c1-24-15-5-4-12(7-14(15)18)22-17-20-8-11(9-21-17)16(23)19-10-13-3-2-6-25-13/h2-9H,10H2,1H3,(H,19,23)(H,20,21,22). The van der Waals surface area contributed by atoms with Gasteiger partial charge in [-0.1, -0.05) is 11.6 Å². The summed E-state index contributed by atoms with van der Waals surface area (Å²) in [6, 6.07) is 8.77. The second-order valence-corrected chi connectivity index (χ2v) is 5.44. The van der Waals surface area contributed by atoms with Crippen LogP contribution in [0.1, 0.15) is 16.1 Å². The molecule has 0 spiro atoms. The molecular formula is C17H15ClN4O3. The molecule has 3 rings (SSSR count). The largest absolute Gasteiger partial charge is 0.495 e. The highest BCUT2D eigenvalue weighted by Gasteiger charge is 2.08. The number of anilines is 2. The zero-order chi connectivity index (χ0) is 17.6. The third kappa shape index (κ3) is 4.27. The van der Waals surface area contributed by atoms with E-state index in [0.29, 0.717) is 40.3 Å². The Bertz CT molecular complexity index is 851. The molecule has 2 heterocycles. The van der Waals surface area contributed by atoms with Crippen molar-refractivity contribution in [1.82, 2.24) is 15.3 Å². The fourth-order valence-corrected chi connectivity index (χ4v) is 2.32. The number of rotatable bonds is 6. The van der Waals surface area contributed by atoms with E-state index in [1.165, 1.54) is 12.4 Å². The second kappa shape index (κ2) is 7.67. The van der Waals surface area contributed by atoms with Gasteiger partial charge >= 0.3 is 0 Å². The Morgan fingerprint density at radius 3 is 2.72 bits per heavy atom. The maximum absolute atomic E-state index is 12.0. The third-order valence-electron chi connectivity index (χ3n) is 3.33. The molecule has 8 heteroatoms. The Labute approximate surface area is 149 Å². The van der Waals surface area contributed by atoms with Crippen molar-refractivity contribution in [3.05, 3.63) is 65.3 Å². The molecule has 2 aromatic heterocycles. The van der Waals surface area contributed by atoms with Crippen molar-refractivity contribution in [2.75, 3.05) is 12.4 Å². The number of carbonyl (C=O) groups is 1. The molecule has 0 aliphatic rings. The van der Waals surface area contributed by atoms with Gasteiger partial charge in [-0.3, -0.25) is 4.79 Å². The topological polar surface area (TPSA) is 89.3 Å². The van der Waals surface area contributed by atoms with Crippen LogP contribution >= 0.6 is 11.6 Å². The Morgan fingerprint density at radius 2 is 2.08 bits per heavy atom. The monoisotopic (exact) mass is 358 g/mol. The Balaban J connectivity index is 1.61. The zero-order valence-corrected chi connectivity index (χ0v) is 14.1. The molecule has 0 aliphatic heterocycles. The van der Waals surface area contributed by atoms with Gasteiger partial charge < -0.3 is 19.8 Å². The number of benzene rings is 1. The van der Waals surface area contributed by atoms with E-state index in [9.17, 15) is 4.79 Å². The molecule has 7 nitrogen and oxygen atoms in total. The molecular weight excluding hydrogens is 344 g/mol. The maximum atomic E-state index is 12.0. The minimum absolute atomic E-state index is 0.282. The first-order valence-electron chi connectivity index (χ1n) is 7.39. The van der Waals surface area contributed by atoms with Crippen molar-refractivity contribution in [2.24, 2.45) is 0 Å². The van der Waals surface area contributed by atoms with Crippen LogP contribution in [0.2, 0.25) is 5.02 Å². The summed E-state index contributed by atoms with van der Waals surface area (Å²) in [4.78, 5) is 20.3. The first-order chi connectivity index (χ1) is 12.2. The van der Waals surface area contributed by atoms with Gasteiger partial charge in [0.1, 0.15) is 11.5 Å². The molecule has 0 bridgehead atoms. The molecule has 1 aromatic carbocycles. The van der Waals surface area contributed by atoms with Crippen LogP contribution in [-0.2, 0) is 6.54 Å². The van der Waals surface area contributed by atoms with E-state index in [1.54, 1.807) is 43.7 Å². The van der Waals surface area contributed by atoms with E-state index in [1.807, 2.05) is 0 Å². The lowest BCUT2D eigenvalue weighted by molar-refractivity contribution is 0.0947. The first kappa shape index (κ1) is 16.8. The van der Waals surface area contributed by atoms with Crippen LogP contribution in [0.25, 0.3) is 0 Å². The number of nitrogens with one attached hydrogen (secondary N) is 2. The predicted octanol–water partition coefficient (Wildman–Crippen LogP) is 3.41. The van der Waals surface area contributed by atoms with Gasteiger partial charge in [-0.25, -0.2) is 9.97 Å². The van der Waals surface area contributed by atoms with Gasteiger partial charge in [0.25, 0.3) is 5.91 Å². The lowest BCUT2D eigenvalue weighted by Crippen LogP contribution is -2.22. The molecule has 3 aromatic rings. The van der Waals surface area contributed by atoms with E-state index in [-0.39, 0.29) is 5.91 Å². The Morgan fingerprint density at radius 1 is 1.28 bits per heavy atom. The fourth-order valence-electron chi connectivity index (χ4n) is 2.07. The average molecular weight is 359 g/mol. The van der Waals surface area contributed by atoms with Crippen LogP contribution < -0.4 is 15.4 Å². The van der Waals surface area contributed by atoms with Crippen molar-refractivity contribution >= 4 is 29.1 Å². The average Bonchev–Trinajstić information content (AvgIpc) is 3.14. The lowest BCUT2D eigenvalue weighted by Gasteiger charge is -2.08. The minimum Gasteiger partial charge on any atom is -0.495 e. The normalized spacial score (nSPS) is 10.3. The van der Waals surface area contributed by atoms with Crippen LogP contribution in [0.5, 0.6) is 5.75 Å². The fraction of sp³-hybridized carbons (Fsp3) is 0.118. The third-order valence-corrected chi connectivity index (χ3v) is 3.62. The van der Waals surface area contributed by atoms with E-state index in [2.05, 4.69) is 20.6 Å². The Kier molecular flexibility index (Phi) is 5.15. The summed E-state index contributed by atoms with van der Waals surface area (Å²) in [6.45, 7) is 0.302. The summed E-state index contributed by atoms with van der Waals surface area (Å²) in [5.41, 5.74) is 1.06. The van der Waals surface area contributed by atoms with Crippen LogP contribution in [0, 0.1) is 0 Å². The number of methoxy groups -OCH3 is 1. The molecule has 0 fully saturated rings. The smallest absolute Gasteiger partial charge is 0.254 e. The van der Waals surface area contributed by atoms with Gasteiger partial charge in [-0.15, -0.1) is 0 Å². The summed E-state index contributed by atoms with van der Waals surface area (Å²) >= 11 is 6.07. The van der Waals surface area contributed by atoms with E-state index < -0.39 is 0 Å². The molecule has 0 atom stereocenters. The molecule has 0 radical (unpaired) electrons. The predicted molar refractivity (Wildman–Crippen MR) is 93.2 cm³/mol. The van der Waals surface area contributed by atoms with Gasteiger partial charge in [0, 0.05) is 18.1 Å². The molecule has 0 aliphatic carbocycles. The quantitative estimate of drug-likeness (QED) is 0.702. The van der Waals surface area contributed by atoms with E-state index in [4.69, 9.17) is 20.8 Å². The van der Waals surface area contributed by atoms with E-state index in [0.717, 1.165) is 0 Å². The number of ether oxygens (including phenoxy) is 1. The molecule has 25 heavy (non-hydrogen) atoms. The maximum Gasteiger partial charge on any atom is 0.254 e.